The summed E-state index contributed by atoms with van der Waals surface area (Å²) in [4.78, 5) is 44.9. The molecule has 36 heavy (non-hydrogen) atoms. The fourth-order valence-electron chi connectivity index (χ4n) is 3.01. The monoisotopic (exact) mass is 556 g/mol. The van der Waals surface area contributed by atoms with Crippen LogP contribution in [0.15, 0.2) is 58.8 Å². The van der Waals surface area contributed by atoms with Crippen molar-refractivity contribution >= 4 is 39.8 Å². The summed E-state index contributed by atoms with van der Waals surface area (Å²) in [7, 11) is 2.71. The van der Waals surface area contributed by atoms with Gasteiger partial charge in [0.25, 0.3) is 11.8 Å². The molecule has 1 aromatic heterocycles. The molecule has 2 amide bonds. The number of hydrogen-bond acceptors (Lipinski definition) is 8. The largest absolute Gasteiger partial charge is 0.508 e. The van der Waals surface area contributed by atoms with Gasteiger partial charge < -0.3 is 30.3 Å². The van der Waals surface area contributed by atoms with E-state index in [0.29, 0.717) is 5.56 Å². The summed E-state index contributed by atoms with van der Waals surface area (Å²) in [5.74, 6) is -2.38. The molecule has 0 saturated carbocycles. The zero-order valence-corrected chi connectivity index (χ0v) is 20.7. The van der Waals surface area contributed by atoms with Crippen LogP contribution in [0.4, 0.5) is 0 Å². The standard InChI is InChI=1S/C24H21BrN4O7/c1-35-22-15(12-27-24(29-22)36-2)10-19(23(33)34)28-21(32)17-7-6-14(9-18(17)25)20(31)26-11-13-4-3-5-16(30)8-13/h3-10,12,30H,11H2,1-2H3,(H,26,31)(H,28,32)(H,33,34)/b19-10-. The van der Waals surface area contributed by atoms with Crippen molar-refractivity contribution in [3.63, 3.8) is 0 Å². The minimum atomic E-state index is -1.40. The molecule has 4 N–H and O–H groups in total. The number of carboxylic acids is 1. The van der Waals surface area contributed by atoms with Crippen molar-refractivity contribution in [2.45, 2.75) is 6.54 Å². The second kappa shape index (κ2) is 11.8. The lowest BCUT2D eigenvalue weighted by atomic mass is 10.1. The van der Waals surface area contributed by atoms with Crippen molar-refractivity contribution in [2.75, 3.05) is 14.2 Å². The number of carbonyl (C=O) groups excluding carboxylic acids is 2. The average molecular weight is 557 g/mol. The van der Waals surface area contributed by atoms with E-state index in [1.807, 2.05) is 0 Å². The molecule has 0 radical (unpaired) electrons. The highest BCUT2D eigenvalue weighted by Gasteiger charge is 2.19. The highest BCUT2D eigenvalue weighted by Crippen LogP contribution is 2.22. The van der Waals surface area contributed by atoms with E-state index in [9.17, 15) is 24.6 Å². The molecule has 0 atom stereocenters. The number of carbonyl (C=O) groups is 3. The number of halogens is 1. The second-order valence-electron chi connectivity index (χ2n) is 7.19. The molecule has 0 fully saturated rings. The Morgan fingerprint density at radius 1 is 1.08 bits per heavy atom. The summed E-state index contributed by atoms with van der Waals surface area (Å²) < 4.78 is 10.3. The summed E-state index contributed by atoms with van der Waals surface area (Å²) in [6.07, 6.45) is 2.44. The number of carboxylic acid groups (broad SMARTS) is 1. The van der Waals surface area contributed by atoms with Gasteiger partial charge in [-0.15, -0.1) is 0 Å². The maximum Gasteiger partial charge on any atom is 0.352 e. The molecule has 0 aliphatic heterocycles. The molecule has 3 aromatic rings. The van der Waals surface area contributed by atoms with Gasteiger partial charge in [0.15, 0.2) is 0 Å². The van der Waals surface area contributed by atoms with Crippen LogP contribution in [0.1, 0.15) is 31.8 Å². The van der Waals surface area contributed by atoms with E-state index in [1.54, 1.807) is 12.1 Å². The summed E-state index contributed by atoms with van der Waals surface area (Å²) >= 11 is 3.26. The fourth-order valence-corrected chi connectivity index (χ4v) is 3.57. The quantitative estimate of drug-likeness (QED) is 0.290. The van der Waals surface area contributed by atoms with Gasteiger partial charge in [-0.2, -0.15) is 4.98 Å². The zero-order chi connectivity index (χ0) is 26.2. The third-order valence-corrected chi connectivity index (χ3v) is 5.41. The Bertz CT molecular complexity index is 1340. The Morgan fingerprint density at radius 2 is 1.86 bits per heavy atom. The first-order valence-corrected chi connectivity index (χ1v) is 11.1. The van der Waals surface area contributed by atoms with Gasteiger partial charge in [0.1, 0.15) is 11.4 Å². The first-order valence-electron chi connectivity index (χ1n) is 10.3. The SMILES string of the molecule is COc1ncc(/C=C(\NC(=O)c2ccc(C(=O)NCc3cccc(O)c3)cc2Br)C(=O)O)c(OC)n1. The van der Waals surface area contributed by atoms with Crippen molar-refractivity contribution < 1.29 is 34.1 Å². The minimum absolute atomic E-state index is 0.0277. The lowest BCUT2D eigenvalue weighted by molar-refractivity contribution is -0.132. The lowest BCUT2D eigenvalue weighted by Crippen LogP contribution is -2.28. The number of phenolic OH excluding ortho intramolecular Hbond substituents is 1. The van der Waals surface area contributed by atoms with Crippen LogP contribution in [-0.4, -0.2) is 52.2 Å². The molecule has 0 unspecified atom stereocenters. The number of rotatable bonds is 9. The Labute approximate surface area is 213 Å². The van der Waals surface area contributed by atoms with Gasteiger partial charge in [-0.3, -0.25) is 9.59 Å². The van der Waals surface area contributed by atoms with E-state index < -0.39 is 23.5 Å². The molecule has 2 aromatic carbocycles. The first kappa shape index (κ1) is 26.2. The summed E-state index contributed by atoms with van der Waals surface area (Å²) in [5.41, 5.74) is 0.836. The number of nitrogens with one attached hydrogen (secondary N) is 2. The molecule has 11 nitrogen and oxygen atoms in total. The van der Waals surface area contributed by atoms with Crippen molar-refractivity contribution in [3.8, 4) is 17.6 Å². The van der Waals surface area contributed by atoms with Crippen LogP contribution in [0.2, 0.25) is 0 Å². The number of aliphatic carboxylic acids is 1. The van der Waals surface area contributed by atoms with Crippen LogP contribution in [0.3, 0.4) is 0 Å². The van der Waals surface area contributed by atoms with Gasteiger partial charge >= 0.3 is 12.0 Å². The van der Waals surface area contributed by atoms with Gasteiger partial charge in [0.2, 0.25) is 5.88 Å². The molecule has 1 heterocycles. The number of hydrogen-bond donors (Lipinski definition) is 4. The van der Waals surface area contributed by atoms with Crippen LogP contribution in [0, 0.1) is 0 Å². The Morgan fingerprint density at radius 3 is 2.50 bits per heavy atom. The molecule has 0 aliphatic carbocycles. The molecule has 0 bridgehead atoms. The molecule has 0 saturated heterocycles. The Hall–Kier alpha value is -4.45. The van der Waals surface area contributed by atoms with Crippen LogP contribution < -0.4 is 20.1 Å². The number of methoxy groups -OCH3 is 2. The van der Waals surface area contributed by atoms with Crippen molar-refractivity contribution in [2.24, 2.45) is 0 Å². The number of phenols is 1. The number of nitrogens with zero attached hydrogens (tertiary/aromatic N) is 2. The van der Waals surface area contributed by atoms with Crippen molar-refractivity contribution in [1.82, 2.24) is 20.6 Å². The molecular weight excluding hydrogens is 536 g/mol. The maximum absolute atomic E-state index is 12.8. The Balaban J connectivity index is 1.75. The van der Waals surface area contributed by atoms with Gasteiger partial charge in [-0.05, 0) is 57.9 Å². The number of ether oxygens (including phenoxy) is 2. The predicted octanol–water partition coefficient (Wildman–Crippen LogP) is 2.75. The van der Waals surface area contributed by atoms with Gasteiger partial charge in [0.05, 0.1) is 25.3 Å². The maximum atomic E-state index is 12.8. The fraction of sp³-hybridized carbons (Fsp3) is 0.125. The van der Waals surface area contributed by atoms with Gasteiger partial charge in [0, 0.05) is 22.8 Å². The van der Waals surface area contributed by atoms with Crippen LogP contribution in [0.5, 0.6) is 17.6 Å². The van der Waals surface area contributed by atoms with E-state index in [2.05, 4.69) is 36.5 Å². The topological polar surface area (TPSA) is 160 Å². The third-order valence-electron chi connectivity index (χ3n) is 4.75. The van der Waals surface area contributed by atoms with E-state index in [1.165, 1.54) is 50.7 Å². The Kier molecular flexibility index (Phi) is 8.57. The van der Waals surface area contributed by atoms with E-state index in [-0.39, 0.29) is 45.3 Å². The molecule has 12 heteroatoms. The minimum Gasteiger partial charge on any atom is -0.508 e. The highest BCUT2D eigenvalue weighted by molar-refractivity contribution is 9.10. The molecule has 3 rings (SSSR count). The molecule has 0 aliphatic rings. The zero-order valence-electron chi connectivity index (χ0n) is 19.1. The number of benzene rings is 2. The number of aromatic nitrogens is 2. The smallest absolute Gasteiger partial charge is 0.352 e. The summed E-state index contributed by atoms with van der Waals surface area (Å²) in [5, 5.41) is 24.2. The first-order chi connectivity index (χ1) is 17.2. The second-order valence-corrected chi connectivity index (χ2v) is 8.04. The van der Waals surface area contributed by atoms with E-state index >= 15 is 0 Å². The van der Waals surface area contributed by atoms with Crippen molar-refractivity contribution in [3.05, 3.63) is 81.1 Å². The van der Waals surface area contributed by atoms with Gasteiger partial charge in [-0.25, -0.2) is 9.78 Å². The number of aromatic hydroxyl groups is 1. The van der Waals surface area contributed by atoms with E-state index in [0.717, 1.165) is 6.08 Å². The van der Waals surface area contributed by atoms with Gasteiger partial charge in [-0.1, -0.05) is 12.1 Å². The van der Waals surface area contributed by atoms with Crippen molar-refractivity contribution in [1.29, 1.82) is 0 Å². The predicted molar refractivity (Wildman–Crippen MR) is 132 cm³/mol. The average Bonchev–Trinajstić information content (AvgIpc) is 2.86. The highest BCUT2D eigenvalue weighted by atomic mass is 79.9. The number of amides is 2. The molecule has 186 valence electrons. The normalized spacial score (nSPS) is 10.9. The summed E-state index contributed by atoms with van der Waals surface area (Å²) in [6.45, 7) is 0.193. The van der Waals surface area contributed by atoms with Crippen LogP contribution in [-0.2, 0) is 11.3 Å². The van der Waals surface area contributed by atoms with Crippen LogP contribution in [0.25, 0.3) is 6.08 Å². The van der Waals surface area contributed by atoms with E-state index in [4.69, 9.17) is 9.47 Å². The lowest BCUT2D eigenvalue weighted by Gasteiger charge is -2.11. The summed E-state index contributed by atoms with van der Waals surface area (Å²) in [6, 6.07) is 10.8. The molecule has 0 spiro atoms. The van der Waals surface area contributed by atoms with Crippen LogP contribution >= 0.6 is 15.9 Å². The molecular formula is C24H21BrN4O7. The third kappa shape index (κ3) is 6.57.